The maximum absolute atomic E-state index is 12.0. The molecule has 1 N–H and O–H groups in total. The minimum Gasteiger partial charge on any atom is -0.465 e. The van der Waals surface area contributed by atoms with Gasteiger partial charge in [0.05, 0.1) is 10.4 Å². The lowest BCUT2D eigenvalue weighted by Crippen LogP contribution is -2.36. The number of carbonyl (C=O) groups is 1. The van der Waals surface area contributed by atoms with E-state index < -0.39 is 0 Å². The van der Waals surface area contributed by atoms with Crippen LogP contribution in [-0.2, 0) is 9.53 Å². The summed E-state index contributed by atoms with van der Waals surface area (Å²) in [6.07, 6.45) is 4.81. The summed E-state index contributed by atoms with van der Waals surface area (Å²) in [4.78, 5) is 13.1. The number of nitrogens with one attached hydrogen (secondary N) is 1. The second kappa shape index (κ2) is 6.68. The fourth-order valence-corrected chi connectivity index (χ4v) is 3.78. The molecule has 1 heterocycles. The molecule has 5 heteroatoms. The molecule has 18 heavy (non-hydrogen) atoms. The van der Waals surface area contributed by atoms with Crippen LogP contribution in [-0.4, -0.2) is 18.6 Å². The number of carbonyl (C=O) groups excluding carboxylic acids is 1. The number of hydrogen-bond donors (Lipinski definition) is 1. The Morgan fingerprint density at radius 3 is 2.83 bits per heavy atom. The first-order valence-corrected chi connectivity index (χ1v) is 7.99. The molecule has 2 rings (SSSR count). The van der Waals surface area contributed by atoms with Crippen LogP contribution in [0.15, 0.2) is 15.9 Å². The summed E-state index contributed by atoms with van der Waals surface area (Å²) in [5.74, 6) is -0.168. The highest BCUT2D eigenvalue weighted by molar-refractivity contribution is 9.11. The van der Waals surface area contributed by atoms with E-state index >= 15 is 0 Å². The number of esters is 1. The van der Waals surface area contributed by atoms with E-state index in [0.29, 0.717) is 12.6 Å². The zero-order valence-electron chi connectivity index (χ0n) is 10.4. The van der Waals surface area contributed by atoms with Crippen LogP contribution in [0.2, 0.25) is 0 Å². The predicted molar refractivity (Wildman–Crippen MR) is 76.8 cm³/mol. The van der Waals surface area contributed by atoms with E-state index in [9.17, 15) is 4.79 Å². The molecular weight excluding hydrogens is 314 g/mol. The molecule has 1 aromatic rings. The molecular formula is C13H18BrNO2S. The summed E-state index contributed by atoms with van der Waals surface area (Å²) < 4.78 is 6.21. The molecule has 0 radical (unpaired) electrons. The molecule has 1 fully saturated rings. The summed E-state index contributed by atoms with van der Waals surface area (Å²) in [6, 6.07) is 4.09. The smallest absolute Gasteiger partial charge is 0.328 e. The number of rotatable bonds is 5. The number of hydrogen-bond acceptors (Lipinski definition) is 4. The second-order valence-electron chi connectivity index (χ2n) is 4.47. The highest BCUT2D eigenvalue weighted by Gasteiger charge is 2.27. The summed E-state index contributed by atoms with van der Waals surface area (Å²) >= 11 is 5.03. The van der Waals surface area contributed by atoms with Gasteiger partial charge in [-0.05, 0) is 47.8 Å². The van der Waals surface area contributed by atoms with Gasteiger partial charge in [-0.15, -0.1) is 11.3 Å². The Morgan fingerprint density at radius 1 is 1.56 bits per heavy atom. The Hall–Kier alpha value is -0.390. The van der Waals surface area contributed by atoms with E-state index in [0.717, 1.165) is 21.5 Å². The Labute approximate surface area is 120 Å². The molecule has 1 unspecified atom stereocenters. The van der Waals surface area contributed by atoms with Crippen molar-refractivity contribution in [3.63, 3.8) is 0 Å². The van der Waals surface area contributed by atoms with Crippen molar-refractivity contribution in [1.82, 2.24) is 5.32 Å². The van der Waals surface area contributed by atoms with Crippen LogP contribution in [0.4, 0.5) is 0 Å². The van der Waals surface area contributed by atoms with Crippen LogP contribution in [0, 0.1) is 0 Å². The van der Waals surface area contributed by atoms with E-state index in [1.54, 1.807) is 11.3 Å². The van der Waals surface area contributed by atoms with Gasteiger partial charge in [0.25, 0.3) is 0 Å². The maximum atomic E-state index is 12.0. The molecule has 0 spiro atoms. The van der Waals surface area contributed by atoms with Crippen molar-refractivity contribution in [2.75, 3.05) is 6.61 Å². The average molecular weight is 332 g/mol. The molecule has 1 saturated carbocycles. The number of thiophene rings is 1. The molecule has 0 aromatic carbocycles. The topological polar surface area (TPSA) is 38.3 Å². The van der Waals surface area contributed by atoms with Gasteiger partial charge >= 0.3 is 5.97 Å². The summed E-state index contributed by atoms with van der Waals surface area (Å²) in [7, 11) is 0. The third-order valence-corrected chi connectivity index (χ3v) is 4.85. The van der Waals surface area contributed by atoms with Crippen LogP contribution in [0.1, 0.15) is 43.5 Å². The molecule has 0 saturated heterocycles. The van der Waals surface area contributed by atoms with Crippen molar-refractivity contribution in [3.05, 3.63) is 20.8 Å². The molecule has 0 bridgehead atoms. The summed E-state index contributed by atoms with van der Waals surface area (Å²) in [6.45, 7) is 2.27. The van der Waals surface area contributed by atoms with Crippen molar-refractivity contribution >= 4 is 33.2 Å². The van der Waals surface area contributed by atoms with E-state index in [-0.39, 0.29) is 12.0 Å². The number of ether oxygens (including phenoxy) is 1. The molecule has 1 aliphatic carbocycles. The standard InChI is InChI=1S/C13H18BrNO2S/c1-2-17-13(16)12(10-7-8-11(14)18-10)15-9-5-3-4-6-9/h7-9,12,15H,2-6H2,1H3. The zero-order valence-corrected chi connectivity index (χ0v) is 12.9. The number of halogens is 1. The minimum absolute atomic E-state index is 0.168. The molecule has 1 aromatic heterocycles. The van der Waals surface area contributed by atoms with Gasteiger partial charge in [0.15, 0.2) is 0 Å². The first-order valence-electron chi connectivity index (χ1n) is 6.38. The molecule has 100 valence electrons. The second-order valence-corrected chi connectivity index (χ2v) is 6.97. The fraction of sp³-hybridized carbons (Fsp3) is 0.615. The summed E-state index contributed by atoms with van der Waals surface area (Å²) in [5.41, 5.74) is 0. The largest absolute Gasteiger partial charge is 0.465 e. The van der Waals surface area contributed by atoms with E-state index in [1.807, 2.05) is 19.1 Å². The SMILES string of the molecule is CCOC(=O)C(NC1CCCC1)c1ccc(Br)s1. The van der Waals surface area contributed by atoms with Crippen LogP contribution in [0.5, 0.6) is 0 Å². The Kier molecular flexibility index (Phi) is 5.21. The third-order valence-electron chi connectivity index (χ3n) is 3.16. The van der Waals surface area contributed by atoms with Crippen LogP contribution in [0.25, 0.3) is 0 Å². The first-order chi connectivity index (χ1) is 8.70. The third kappa shape index (κ3) is 3.56. The van der Waals surface area contributed by atoms with Crippen molar-refractivity contribution in [2.24, 2.45) is 0 Å². The van der Waals surface area contributed by atoms with E-state index in [4.69, 9.17) is 4.74 Å². The van der Waals surface area contributed by atoms with Gasteiger partial charge in [0.2, 0.25) is 0 Å². The summed E-state index contributed by atoms with van der Waals surface area (Å²) in [5, 5.41) is 3.45. The lowest BCUT2D eigenvalue weighted by molar-refractivity contribution is -0.146. The quantitative estimate of drug-likeness (QED) is 0.837. The highest BCUT2D eigenvalue weighted by Crippen LogP contribution is 2.30. The van der Waals surface area contributed by atoms with Gasteiger partial charge in [-0.2, -0.15) is 0 Å². The minimum atomic E-state index is -0.315. The van der Waals surface area contributed by atoms with Gasteiger partial charge < -0.3 is 4.74 Å². The van der Waals surface area contributed by atoms with Gasteiger partial charge in [-0.3, -0.25) is 5.32 Å². The fourth-order valence-electron chi connectivity index (χ4n) is 2.30. The predicted octanol–water partition coefficient (Wildman–Crippen LogP) is 3.65. The zero-order chi connectivity index (χ0) is 13.0. The molecule has 3 nitrogen and oxygen atoms in total. The lowest BCUT2D eigenvalue weighted by atomic mass is 10.2. The molecule has 1 atom stereocenters. The molecule has 0 aliphatic heterocycles. The van der Waals surface area contributed by atoms with Gasteiger partial charge in [0.1, 0.15) is 6.04 Å². The van der Waals surface area contributed by atoms with E-state index in [2.05, 4.69) is 21.2 Å². The van der Waals surface area contributed by atoms with Crippen molar-refractivity contribution < 1.29 is 9.53 Å². The van der Waals surface area contributed by atoms with Crippen molar-refractivity contribution in [3.8, 4) is 0 Å². The maximum Gasteiger partial charge on any atom is 0.328 e. The van der Waals surface area contributed by atoms with Gasteiger partial charge in [-0.1, -0.05) is 12.8 Å². The Balaban J connectivity index is 2.08. The first kappa shape index (κ1) is 14.0. The van der Waals surface area contributed by atoms with Crippen LogP contribution < -0.4 is 5.32 Å². The Morgan fingerprint density at radius 2 is 2.28 bits per heavy atom. The van der Waals surface area contributed by atoms with Crippen LogP contribution >= 0.6 is 27.3 Å². The van der Waals surface area contributed by atoms with Crippen molar-refractivity contribution in [1.29, 1.82) is 0 Å². The van der Waals surface area contributed by atoms with Crippen molar-refractivity contribution in [2.45, 2.75) is 44.7 Å². The van der Waals surface area contributed by atoms with Crippen LogP contribution in [0.3, 0.4) is 0 Å². The Bertz CT molecular complexity index is 401. The monoisotopic (exact) mass is 331 g/mol. The lowest BCUT2D eigenvalue weighted by Gasteiger charge is -2.20. The highest BCUT2D eigenvalue weighted by atomic mass is 79.9. The molecule has 1 aliphatic rings. The van der Waals surface area contributed by atoms with Gasteiger partial charge in [0, 0.05) is 10.9 Å². The normalized spacial score (nSPS) is 17.9. The van der Waals surface area contributed by atoms with E-state index in [1.165, 1.54) is 12.8 Å². The molecule has 0 amide bonds. The van der Waals surface area contributed by atoms with Gasteiger partial charge in [-0.25, -0.2) is 4.79 Å². The average Bonchev–Trinajstić information content (AvgIpc) is 2.97.